The van der Waals surface area contributed by atoms with Crippen LogP contribution >= 0.6 is 0 Å². The Morgan fingerprint density at radius 3 is 2.19 bits per heavy atom. The Bertz CT molecular complexity index is 797. The molecule has 2 aromatic rings. The van der Waals surface area contributed by atoms with Gasteiger partial charge >= 0.3 is 6.03 Å². The first kappa shape index (κ1) is 16.8. The number of hydrogen-bond acceptors (Lipinski definition) is 2. The number of halogens is 2. The molecule has 0 unspecified atom stereocenters. The number of nitrogens with one attached hydrogen (secondary N) is 1. The van der Waals surface area contributed by atoms with E-state index in [0.717, 1.165) is 18.4 Å². The molecule has 1 heterocycles. The fraction of sp³-hybridized carbons (Fsp3) is 0.350. The highest BCUT2D eigenvalue weighted by Crippen LogP contribution is 2.45. The third-order valence-electron chi connectivity index (χ3n) is 5.25. The van der Waals surface area contributed by atoms with E-state index < -0.39 is 0 Å². The second kappa shape index (κ2) is 6.59. The first-order chi connectivity index (χ1) is 12.6. The molecular weight excluding hydrogens is 336 g/mol. The predicted octanol–water partition coefficient (Wildman–Crippen LogP) is 3.49. The second-order valence-corrected chi connectivity index (χ2v) is 6.94. The van der Waals surface area contributed by atoms with E-state index in [9.17, 15) is 13.6 Å². The van der Waals surface area contributed by atoms with Crippen LogP contribution in [0.3, 0.4) is 0 Å². The summed E-state index contributed by atoms with van der Waals surface area (Å²) in [7, 11) is 0. The maximum atomic E-state index is 13.9. The van der Waals surface area contributed by atoms with Gasteiger partial charge < -0.3 is 15.1 Å². The molecule has 1 saturated heterocycles. The second-order valence-electron chi connectivity index (χ2n) is 6.94. The minimum absolute atomic E-state index is 0.111. The standard InChI is InChI=1S/C20H21F2N3O/c21-16-7-5-15(6-8-16)20(9-10-20)23-19(26)25-13-11-24(12-14-25)18-4-2-1-3-17(18)22/h1-8H,9-14H2,(H,23,26). The lowest BCUT2D eigenvalue weighted by molar-refractivity contribution is 0.188. The van der Waals surface area contributed by atoms with Gasteiger partial charge in [-0.25, -0.2) is 13.6 Å². The van der Waals surface area contributed by atoms with Gasteiger partial charge in [-0.3, -0.25) is 0 Å². The van der Waals surface area contributed by atoms with Crippen LogP contribution in [0.4, 0.5) is 19.3 Å². The fourth-order valence-corrected chi connectivity index (χ4v) is 3.52. The quantitative estimate of drug-likeness (QED) is 0.913. The van der Waals surface area contributed by atoms with Crippen LogP contribution in [-0.2, 0) is 5.54 Å². The van der Waals surface area contributed by atoms with Gasteiger partial charge in [-0.15, -0.1) is 0 Å². The minimum Gasteiger partial charge on any atom is -0.366 e. The number of nitrogens with zero attached hydrogens (tertiary/aromatic N) is 2. The summed E-state index contributed by atoms with van der Waals surface area (Å²) in [6, 6.07) is 12.9. The summed E-state index contributed by atoms with van der Waals surface area (Å²) in [6.07, 6.45) is 1.72. The predicted molar refractivity (Wildman–Crippen MR) is 96.0 cm³/mol. The molecule has 2 aromatic carbocycles. The molecule has 2 amide bonds. The summed E-state index contributed by atoms with van der Waals surface area (Å²) in [5.74, 6) is -0.515. The number of piperazine rings is 1. The van der Waals surface area contributed by atoms with Crippen molar-refractivity contribution in [1.82, 2.24) is 10.2 Å². The van der Waals surface area contributed by atoms with Crippen molar-refractivity contribution in [1.29, 1.82) is 0 Å². The number of rotatable bonds is 3. The monoisotopic (exact) mass is 357 g/mol. The van der Waals surface area contributed by atoms with Crippen LogP contribution in [0.5, 0.6) is 0 Å². The van der Waals surface area contributed by atoms with Gasteiger partial charge in [-0.1, -0.05) is 24.3 Å². The van der Waals surface area contributed by atoms with Gasteiger partial charge in [-0.05, 0) is 42.7 Å². The third-order valence-corrected chi connectivity index (χ3v) is 5.25. The Morgan fingerprint density at radius 2 is 1.58 bits per heavy atom. The van der Waals surface area contributed by atoms with E-state index in [1.54, 1.807) is 29.2 Å². The molecule has 0 aromatic heterocycles. The van der Waals surface area contributed by atoms with Crippen molar-refractivity contribution >= 4 is 11.7 Å². The smallest absolute Gasteiger partial charge is 0.318 e. The summed E-state index contributed by atoms with van der Waals surface area (Å²) in [5, 5.41) is 3.11. The number of anilines is 1. The first-order valence-corrected chi connectivity index (χ1v) is 8.90. The Morgan fingerprint density at radius 1 is 0.923 bits per heavy atom. The molecule has 26 heavy (non-hydrogen) atoms. The number of carbonyl (C=O) groups excluding carboxylic acids is 1. The largest absolute Gasteiger partial charge is 0.366 e. The molecule has 0 bridgehead atoms. The summed E-state index contributed by atoms with van der Waals surface area (Å²) in [5.41, 5.74) is 1.16. The lowest BCUT2D eigenvalue weighted by Crippen LogP contribution is -2.53. The van der Waals surface area contributed by atoms with Crippen molar-refractivity contribution in [2.45, 2.75) is 18.4 Å². The van der Waals surface area contributed by atoms with E-state index in [2.05, 4.69) is 5.32 Å². The van der Waals surface area contributed by atoms with Crippen LogP contribution < -0.4 is 10.2 Å². The van der Waals surface area contributed by atoms with Crippen molar-refractivity contribution in [3.8, 4) is 0 Å². The van der Waals surface area contributed by atoms with E-state index in [0.29, 0.717) is 31.9 Å². The van der Waals surface area contributed by atoms with E-state index in [1.807, 2.05) is 11.0 Å². The van der Waals surface area contributed by atoms with Gasteiger partial charge in [0.15, 0.2) is 0 Å². The number of benzene rings is 2. The number of hydrogen-bond donors (Lipinski definition) is 1. The summed E-state index contributed by atoms with van der Waals surface area (Å²) < 4.78 is 27.0. The molecule has 2 aliphatic rings. The molecule has 0 spiro atoms. The van der Waals surface area contributed by atoms with Crippen LogP contribution in [0.2, 0.25) is 0 Å². The lowest BCUT2D eigenvalue weighted by Gasteiger charge is -2.37. The normalized spacial score (nSPS) is 18.5. The Labute approximate surface area is 151 Å². The van der Waals surface area contributed by atoms with Gasteiger partial charge in [-0.2, -0.15) is 0 Å². The Hall–Kier alpha value is -2.63. The van der Waals surface area contributed by atoms with Gasteiger partial charge in [0.05, 0.1) is 11.2 Å². The van der Waals surface area contributed by atoms with Crippen molar-refractivity contribution in [3.63, 3.8) is 0 Å². The van der Waals surface area contributed by atoms with Crippen LogP contribution in [0.25, 0.3) is 0 Å². The molecule has 136 valence electrons. The lowest BCUT2D eigenvalue weighted by atomic mass is 10.1. The van der Waals surface area contributed by atoms with E-state index in [4.69, 9.17) is 0 Å². The van der Waals surface area contributed by atoms with Crippen LogP contribution in [0, 0.1) is 11.6 Å². The third kappa shape index (κ3) is 3.23. The van der Waals surface area contributed by atoms with Crippen molar-refractivity contribution in [2.24, 2.45) is 0 Å². The molecule has 6 heteroatoms. The van der Waals surface area contributed by atoms with Crippen LogP contribution in [0.15, 0.2) is 48.5 Å². The number of amides is 2. The maximum absolute atomic E-state index is 13.9. The zero-order chi connectivity index (χ0) is 18.1. The zero-order valence-electron chi connectivity index (χ0n) is 14.4. The summed E-state index contributed by atoms with van der Waals surface area (Å²) in [4.78, 5) is 16.4. The zero-order valence-corrected chi connectivity index (χ0v) is 14.4. The molecule has 0 radical (unpaired) electrons. The number of carbonyl (C=O) groups is 1. The average molecular weight is 357 g/mol. The highest BCUT2D eigenvalue weighted by Gasteiger charge is 2.46. The molecular formula is C20H21F2N3O. The van der Waals surface area contributed by atoms with E-state index in [1.165, 1.54) is 18.2 Å². The molecule has 1 saturated carbocycles. The van der Waals surface area contributed by atoms with Gasteiger partial charge in [0.1, 0.15) is 11.6 Å². The first-order valence-electron chi connectivity index (χ1n) is 8.90. The van der Waals surface area contributed by atoms with Crippen molar-refractivity contribution in [3.05, 3.63) is 65.7 Å². The van der Waals surface area contributed by atoms with Crippen molar-refractivity contribution in [2.75, 3.05) is 31.1 Å². The van der Waals surface area contributed by atoms with Crippen LogP contribution in [-0.4, -0.2) is 37.1 Å². The molecule has 1 N–H and O–H groups in total. The van der Waals surface area contributed by atoms with Crippen LogP contribution in [0.1, 0.15) is 18.4 Å². The highest BCUT2D eigenvalue weighted by atomic mass is 19.1. The molecule has 1 aliphatic heterocycles. The van der Waals surface area contributed by atoms with E-state index in [-0.39, 0.29) is 23.2 Å². The molecule has 2 fully saturated rings. The Balaban J connectivity index is 1.37. The topological polar surface area (TPSA) is 35.6 Å². The SMILES string of the molecule is O=C(NC1(c2ccc(F)cc2)CC1)N1CCN(c2ccccc2F)CC1. The van der Waals surface area contributed by atoms with E-state index >= 15 is 0 Å². The fourth-order valence-electron chi connectivity index (χ4n) is 3.52. The summed E-state index contributed by atoms with van der Waals surface area (Å²) >= 11 is 0. The average Bonchev–Trinajstić information content (AvgIpc) is 3.43. The molecule has 1 aliphatic carbocycles. The molecule has 4 rings (SSSR count). The number of urea groups is 1. The maximum Gasteiger partial charge on any atom is 0.318 e. The van der Waals surface area contributed by atoms with Crippen molar-refractivity contribution < 1.29 is 13.6 Å². The number of para-hydroxylation sites is 1. The summed E-state index contributed by atoms with van der Waals surface area (Å²) in [6.45, 7) is 2.27. The minimum atomic E-state index is -0.368. The van der Waals surface area contributed by atoms with Gasteiger partial charge in [0.25, 0.3) is 0 Å². The van der Waals surface area contributed by atoms with Gasteiger partial charge in [0.2, 0.25) is 0 Å². The Kier molecular flexibility index (Phi) is 4.26. The van der Waals surface area contributed by atoms with Gasteiger partial charge in [0, 0.05) is 26.2 Å². The highest BCUT2D eigenvalue weighted by molar-refractivity contribution is 5.76. The molecule has 4 nitrogen and oxygen atoms in total. The molecule has 0 atom stereocenters.